The minimum absolute atomic E-state index is 0.0767. The molecule has 1 aromatic heterocycles. The highest BCUT2D eigenvalue weighted by atomic mass is 32.2. The van der Waals surface area contributed by atoms with Gasteiger partial charge in [0.25, 0.3) is 0 Å². The number of thioether (sulfide) groups is 1. The molecule has 0 amide bonds. The van der Waals surface area contributed by atoms with Crippen molar-refractivity contribution in [1.82, 2.24) is 4.98 Å². The van der Waals surface area contributed by atoms with Crippen LogP contribution in [0.25, 0.3) is 10.9 Å². The summed E-state index contributed by atoms with van der Waals surface area (Å²) < 4.78 is 0. The normalized spacial score (nSPS) is 10.4. The Kier molecular flexibility index (Phi) is 3.47. The molecule has 92 valence electrons. The number of rotatable bonds is 4. The van der Waals surface area contributed by atoms with Crippen molar-refractivity contribution in [3.05, 3.63) is 47.0 Å². The molecule has 2 aromatic rings. The summed E-state index contributed by atoms with van der Waals surface area (Å²) in [6, 6.07) is 6.91. The molecule has 0 aliphatic carbocycles. The van der Waals surface area contributed by atoms with Crippen LogP contribution in [0.15, 0.2) is 41.9 Å². The van der Waals surface area contributed by atoms with Gasteiger partial charge in [0.05, 0.1) is 15.8 Å². The first-order chi connectivity index (χ1) is 8.65. The van der Waals surface area contributed by atoms with Crippen molar-refractivity contribution >= 4 is 34.0 Å². The Bertz CT molecular complexity index is 628. The van der Waals surface area contributed by atoms with Gasteiger partial charge < -0.3 is 5.73 Å². The number of anilines is 1. The van der Waals surface area contributed by atoms with Gasteiger partial charge in [-0.25, -0.2) is 4.98 Å². The van der Waals surface area contributed by atoms with Crippen molar-refractivity contribution in [1.29, 1.82) is 0 Å². The predicted octanol–water partition coefficient (Wildman–Crippen LogP) is 3.00. The number of hydrogen-bond donors (Lipinski definition) is 1. The maximum absolute atomic E-state index is 11.1. The van der Waals surface area contributed by atoms with Crippen molar-refractivity contribution in [3.8, 4) is 0 Å². The Labute approximate surface area is 108 Å². The number of aromatic nitrogens is 1. The van der Waals surface area contributed by atoms with Gasteiger partial charge in [-0.15, -0.1) is 6.58 Å². The van der Waals surface area contributed by atoms with E-state index in [1.54, 1.807) is 30.3 Å². The van der Waals surface area contributed by atoms with Crippen LogP contribution in [-0.4, -0.2) is 15.7 Å². The van der Waals surface area contributed by atoms with Crippen LogP contribution in [0, 0.1) is 10.1 Å². The van der Waals surface area contributed by atoms with Crippen LogP contribution in [0.4, 0.5) is 11.4 Å². The van der Waals surface area contributed by atoms with Crippen LogP contribution in [0.5, 0.6) is 0 Å². The second-order valence-corrected chi connectivity index (χ2v) is 4.56. The fourth-order valence-electron chi connectivity index (χ4n) is 1.63. The molecule has 1 heterocycles. The number of nitro groups is 1. The highest BCUT2D eigenvalue weighted by molar-refractivity contribution is 7.99. The number of fused-ring (bicyclic) bond motifs is 1. The quantitative estimate of drug-likeness (QED) is 0.396. The standard InChI is InChI=1S/C12H11N3O2S/c1-2-7-18-12-10(13)11(15(16)17)8-5-3-4-6-9(8)14-12/h2-6H,1,7,13H2. The van der Waals surface area contributed by atoms with Crippen LogP contribution in [0.2, 0.25) is 0 Å². The zero-order chi connectivity index (χ0) is 13.1. The van der Waals surface area contributed by atoms with E-state index in [0.717, 1.165) is 0 Å². The molecule has 0 aliphatic heterocycles. The average molecular weight is 261 g/mol. The van der Waals surface area contributed by atoms with E-state index in [1.165, 1.54) is 11.8 Å². The minimum Gasteiger partial charge on any atom is -0.391 e. The summed E-state index contributed by atoms with van der Waals surface area (Å²) >= 11 is 1.33. The topological polar surface area (TPSA) is 82.0 Å². The van der Waals surface area contributed by atoms with Crippen LogP contribution >= 0.6 is 11.8 Å². The second kappa shape index (κ2) is 5.05. The van der Waals surface area contributed by atoms with Gasteiger partial charge in [0, 0.05) is 5.75 Å². The summed E-state index contributed by atoms with van der Waals surface area (Å²) in [5.41, 5.74) is 6.45. The van der Waals surface area contributed by atoms with Crippen LogP contribution < -0.4 is 5.73 Å². The number of nitrogens with two attached hydrogens (primary N) is 1. The van der Waals surface area contributed by atoms with Crippen LogP contribution in [-0.2, 0) is 0 Å². The van der Waals surface area contributed by atoms with E-state index < -0.39 is 4.92 Å². The van der Waals surface area contributed by atoms with E-state index in [2.05, 4.69) is 11.6 Å². The lowest BCUT2D eigenvalue weighted by Crippen LogP contribution is -2.01. The number of hydrogen-bond acceptors (Lipinski definition) is 5. The molecule has 2 rings (SSSR count). The van der Waals surface area contributed by atoms with Gasteiger partial charge in [0.2, 0.25) is 0 Å². The van der Waals surface area contributed by atoms with E-state index in [1.807, 2.05) is 0 Å². The first-order valence-corrected chi connectivity index (χ1v) is 6.20. The SMILES string of the molecule is C=CCSc1nc2ccccc2c([N+](=O)[O-])c1N. The van der Waals surface area contributed by atoms with Crippen molar-refractivity contribution < 1.29 is 4.92 Å². The molecule has 1 aromatic carbocycles. The van der Waals surface area contributed by atoms with E-state index in [0.29, 0.717) is 21.7 Å². The highest BCUT2D eigenvalue weighted by Gasteiger charge is 2.21. The monoisotopic (exact) mass is 261 g/mol. The van der Waals surface area contributed by atoms with Gasteiger partial charge in [-0.05, 0) is 12.1 Å². The van der Waals surface area contributed by atoms with Crippen LogP contribution in [0.1, 0.15) is 0 Å². The van der Waals surface area contributed by atoms with Gasteiger partial charge in [0.1, 0.15) is 10.7 Å². The third-order valence-corrected chi connectivity index (χ3v) is 3.37. The molecule has 0 saturated heterocycles. The third kappa shape index (κ3) is 2.14. The zero-order valence-electron chi connectivity index (χ0n) is 9.50. The molecule has 0 spiro atoms. The Morgan fingerprint density at radius 2 is 2.22 bits per heavy atom. The molecule has 0 radical (unpaired) electrons. The zero-order valence-corrected chi connectivity index (χ0v) is 10.3. The summed E-state index contributed by atoms with van der Waals surface area (Å²) in [5, 5.41) is 12.1. The minimum atomic E-state index is -0.461. The van der Waals surface area contributed by atoms with Crippen molar-refractivity contribution in [2.45, 2.75) is 5.03 Å². The number of benzene rings is 1. The van der Waals surface area contributed by atoms with E-state index >= 15 is 0 Å². The van der Waals surface area contributed by atoms with E-state index in [9.17, 15) is 10.1 Å². The summed E-state index contributed by atoms with van der Waals surface area (Å²) in [7, 11) is 0. The summed E-state index contributed by atoms with van der Waals surface area (Å²) in [5.74, 6) is 0.604. The van der Waals surface area contributed by atoms with Gasteiger partial charge in [-0.3, -0.25) is 10.1 Å². The lowest BCUT2D eigenvalue weighted by molar-refractivity contribution is -0.382. The third-order valence-electron chi connectivity index (χ3n) is 2.39. The molecule has 5 nitrogen and oxygen atoms in total. The lowest BCUT2D eigenvalue weighted by atomic mass is 10.2. The summed E-state index contributed by atoms with van der Waals surface area (Å²) in [6.45, 7) is 3.60. The second-order valence-electron chi connectivity index (χ2n) is 3.55. The molecule has 0 aliphatic rings. The van der Waals surface area contributed by atoms with Gasteiger partial charge in [0.15, 0.2) is 0 Å². The van der Waals surface area contributed by atoms with Gasteiger partial charge in [-0.2, -0.15) is 0 Å². The largest absolute Gasteiger partial charge is 0.391 e. The smallest absolute Gasteiger partial charge is 0.304 e. The number of nitrogen functional groups attached to an aromatic ring is 1. The number of para-hydroxylation sites is 1. The lowest BCUT2D eigenvalue weighted by Gasteiger charge is -2.07. The Balaban J connectivity index is 2.71. The van der Waals surface area contributed by atoms with Crippen molar-refractivity contribution in [2.75, 3.05) is 11.5 Å². The fourth-order valence-corrected chi connectivity index (χ4v) is 2.32. The molecular weight excluding hydrogens is 250 g/mol. The Morgan fingerprint density at radius 3 is 2.89 bits per heavy atom. The maximum atomic E-state index is 11.1. The Morgan fingerprint density at radius 1 is 1.50 bits per heavy atom. The molecular formula is C12H11N3O2S. The molecule has 0 bridgehead atoms. The molecule has 0 saturated carbocycles. The molecule has 18 heavy (non-hydrogen) atoms. The number of nitrogens with zero attached hydrogens (tertiary/aromatic N) is 2. The summed E-state index contributed by atoms with van der Waals surface area (Å²) in [6.07, 6.45) is 1.70. The van der Waals surface area contributed by atoms with Crippen LogP contribution in [0.3, 0.4) is 0 Å². The maximum Gasteiger partial charge on any atom is 0.304 e. The highest BCUT2D eigenvalue weighted by Crippen LogP contribution is 2.36. The van der Waals surface area contributed by atoms with Crippen molar-refractivity contribution in [2.24, 2.45) is 0 Å². The number of pyridine rings is 1. The van der Waals surface area contributed by atoms with E-state index in [-0.39, 0.29) is 11.4 Å². The van der Waals surface area contributed by atoms with Gasteiger partial charge in [-0.1, -0.05) is 30.0 Å². The summed E-state index contributed by atoms with van der Waals surface area (Å²) in [4.78, 5) is 15.0. The molecule has 0 fully saturated rings. The first-order valence-electron chi connectivity index (χ1n) is 5.21. The van der Waals surface area contributed by atoms with Crippen molar-refractivity contribution in [3.63, 3.8) is 0 Å². The van der Waals surface area contributed by atoms with E-state index in [4.69, 9.17) is 5.73 Å². The fraction of sp³-hybridized carbons (Fsp3) is 0.0833. The Hall–Kier alpha value is -2.08. The predicted molar refractivity (Wildman–Crippen MR) is 73.7 cm³/mol. The first kappa shape index (κ1) is 12.4. The molecule has 0 unspecified atom stereocenters. The average Bonchev–Trinajstić information content (AvgIpc) is 2.35. The molecule has 6 heteroatoms. The molecule has 0 atom stereocenters. The molecule has 2 N–H and O–H groups in total. The van der Waals surface area contributed by atoms with Gasteiger partial charge >= 0.3 is 5.69 Å².